The van der Waals surface area contributed by atoms with E-state index in [2.05, 4.69) is 83.5 Å². The molecule has 8 heteroatoms. The Kier molecular flexibility index (Phi) is 12.5. The second kappa shape index (κ2) is 18.9. The summed E-state index contributed by atoms with van der Waals surface area (Å²) in [6.07, 6.45) is 14.5. The summed E-state index contributed by atoms with van der Waals surface area (Å²) in [4.78, 5) is 66.8. The Morgan fingerprint density at radius 2 is 1.48 bits per heavy atom. The number of phenols is 1. The summed E-state index contributed by atoms with van der Waals surface area (Å²) in [5.41, 5.74) is 11.4. The number of hydrogen-bond acceptors (Lipinski definition) is 7. The first-order valence-electron chi connectivity index (χ1n) is 24.4. The summed E-state index contributed by atoms with van der Waals surface area (Å²) in [7, 11) is 0. The minimum absolute atomic E-state index is 0.0268. The van der Waals surface area contributed by atoms with E-state index in [0.717, 1.165) is 66.2 Å². The highest BCUT2D eigenvalue weighted by Gasteiger charge is 2.34. The van der Waals surface area contributed by atoms with E-state index in [4.69, 9.17) is 0 Å². The molecule has 0 spiro atoms. The molecule has 0 bridgehead atoms. The summed E-state index contributed by atoms with van der Waals surface area (Å²) >= 11 is 0. The van der Waals surface area contributed by atoms with Gasteiger partial charge in [0, 0.05) is 60.2 Å². The number of fused-ring (bicyclic) bond motifs is 3. The maximum absolute atomic E-state index is 13.7. The molecule has 0 radical (unpaired) electrons. The molecule has 2 aliphatic heterocycles. The van der Waals surface area contributed by atoms with Crippen molar-refractivity contribution in [3.63, 3.8) is 0 Å². The lowest BCUT2D eigenvalue weighted by Crippen LogP contribution is -2.41. The monoisotopic (exact) mass is 890 g/mol. The van der Waals surface area contributed by atoms with Gasteiger partial charge in [-0.2, -0.15) is 0 Å². The van der Waals surface area contributed by atoms with Crippen LogP contribution in [0.3, 0.4) is 0 Å². The predicted octanol–water partition coefficient (Wildman–Crippen LogP) is 11.3. The molecule has 1 atom stereocenters. The highest BCUT2D eigenvalue weighted by atomic mass is 16.3. The van der Waals surface area contributed by atoms with E-state index in [1.54, 1.807) is 6.07 Å². The van der Waals surface area contributed by atoms with Crippen LogP contribution in [0.25, 0.3) is 33.0 Å². The first-order chi connectivity index (χ1) is 32.5. The van der Waals surface area contributed by atoms with Crippen LogP contribution in [0, 0.1) is 23.7 Å². The maximum Gasteiger partial charge on any atom is 0.230 e. The minimum Gasteiger partial charge on any atom is -0.508 e. The van der Waals surface area contributed by atoms with E-state index in [1.807, 2.05) is 30.3 Å². The number of likely N-dealkylation sites (tertiary alicyclic amines) is 1. The molecule has 1 saturated carbocycles. The van der Waals surface area contributed by atoms with Gasteiger partial charge in [0.25, 0.3) is 0 Å². The van der Waals surface area contributed by atoms with Crippen LogP contribution in [-0.4, -0.2) is 52.3 Å². The normalized spacial score (nSPS) is 21.0. The Labute approximate surface area is 392 Å². The molecule has 5 aromatic carbocycles. The van der Waals surface area contributed by atoms with Crippen molar-refractivity contribution in [1.82, 2.24) is 10.2 Å². The molecule has 10 rings (SSSR count). The fourth-order valence-corrected chi connectivity index (χ4v) is 11.6. The number of piperidine rings is 2. The van der Waals surface area contributed by atoms with Crippen LogP contribution in [0.4, 0.5) is 0 Å². The number of benzene rings is 5. The third kappa shape index (κ3) is 9.49. The maximum atomic E-state index is 13.7. The van der Waals surface area contributed by atoms with Gasteiger partial charge in [0.05, 0.1) is 0 Å². The number of imide groups is 1. The molecule has 2 saturated heterocycles. The van der Waals surface area contributed by atoms with Crippen molar-refractivity contribution < 1.29 is 29.1 Å². The highest BCUT2D eigenvalue weighted by molar-refractivity contribution is 6.25. The van der Waals surface area contributed by atoms with E-state index in [9.17, 15) is 29.1 Å². The zero-order chi connectivity index (χ0) is 46.2. The number of carbonyl (C=O) groups is 5. The van der Waals surface area contributed by atoms with E-state index < -0.39 is 11.8 Å². The van der Waals surface area contributed by atoms with Gasteiger partial charge in [-0.25, -0.2) is 0 Å². The molecular weight excluding hydrogens is 833 g/mol. The number of amides is 2. The number of aromatic hydroxyl groups is 1. The number of hydrogen-bond donors (Lipinski definition) is 2. The van der Waals surface area contributed by atoms with Crippen LogP contribution in [0.5, 0.6) is 5.75 Å². The lowest BCUT2D eigenvalue weighted by molar-refractivity contribution is -0.136. The molecule has 5 aromatic rings. The molecule has 3 fully saturated rings. The fourth-order valence-electron chi connectivity index (χ4n) is 11.6. The molecule has 2 N–H and O–H groups in total. The van der Waals surface area contributed by atoms with Gasteiger partial charge in [-0.05, 0) is 169 Å². The smallest absolute Gasteiger partial charge is 0.230 e. The first-order valence-corrected chi connectivity index (χ1v) is 24.4. The van der Waals surface area contributed by atoms with Crippen LogP contribution in [0.2, 0.25) is 0 Å². The number of phenolic OH excluding ortho intramolecular Hbond substituents is 1. The molecule has 2 amide bonds. The van der Waals surface area contributed by atoms with Crippen molar-refractivity contribution in [3.05, 3.63) is 160 Å². The number of Topliss-reactive ketones (excluding diaryl/α,β-unsaturated/α-hetero) is 2. The fraction of sp³-hybridized carbons (Fsp3) is 0.339. The largest absolute Gasteiger partial charge is 0.508 e. The van der Waals surface area contributed by atoms with Gasteiger partial charge in [-0.3, -0.25) is 29.3 Å². The third-order valence-corrected chi connectivity index (χ3v) is 15.4. The molecule has 0 aromatic heterocycles. The lowest BCUT2D eigenvalue weighted by atomic mass is 9.77. The Balaban J connectivity index is 0.677. The number of carbonyl (C=O) groups excluding carboxylic acids is 5. The molecule has 8 nitrogen and oxygen atoms in total. The van der Waals surface area contributed by atoms with Gasteiger partial charge < -0.3 is 10.0 Å². The quantitative estimate of drug-likeness (QED) is 0.0945. The van der Waals surface area contributed by atoms with Gasteiger partial charge in [-0.1, -0.05) is 91.0 Å². The van der Waals surface area contributed by atoms with Crippen molar-refractivity contribution >= 4 is 39.9 Å². The van der Waals surface area contributed by atoms with Gasteiger partial charge in [0.15, 0.2) is 11.6 Å². The molecule has 2 heterocycles. The third-order valence-electron chi connectivity index (χ3n) is 15.4. The highest BCUT2D eigenvalue weighted by Crippen LogP contribution is 2.41. The lowest BCUT2D eigenvalue weighted by Gasteiger charge is -2.37. The van der Waals surface area contributed by atoms with Crippen LogP contribution < -0.4 is 5.32 Å². The molecule has 1 unspecified atom stereocenters. The Morgan fingerprint density at radius 3 is 2.24 bits per heavy atom. The summed E-state index contributed by atoms with van der Waals surface area (Å²) in [5.74, 6) is 0.212. The van der Waals surface area contributed by atoms with Crippen LogP contribution in [-0.2, 0) is 33.6 Å². The van der Waals surface area contributed by atoms with Crippen molar-refractivity contribution in [1.29, 1.82) is 0 Å². The SMILES string of the molecule is C=C(CC1CCC(Cc2ccc(-c3c(-c4ccccc4)ccc4cc(O)ccc34)cc2)CC1)N1CCC(C(=O)CC2=CCc3cc4c(cc3C2)C(=O)C=C(CC2CCC(=O)NC2=O)C4=O)CC1. The van der Waals surface area contributed by atoms with Gasteiger partial charge in [-0.15, -0.1) is 0 Å². The second-order valence-electron chi connectivity index (χ2n) is 19.8. The number of nitrogens with zero attached hydrogens (tertiary/aromatic N) is 1. The summed E-state index contributed by atoms with van der Waals surface area (Å²) in [5, 5.41) is 14.7. The summed E-state index contributed by atoms with van der Waals surface area (Å²) in [6.45, 7) is 6.26. The molecule has 67 heavy (non-hydrogen) atoms. The van der Waals surface area contributed by atoms with Gasteiger partial charge in [0.1, 0.15) is 11.5 Å². The van der Waals surface area contributed by atoms with Crippen molar-refractivity contribution in [2.75, 3.05) is 13.1 Å². The molecule has 3 aliphatic carbocycles. The average molecular weight is 891 g/mol. The summed E-state index contributed by atoms with van der Waals surface area (Å²) in [6, 6.07) is 33.2. The Hall–Kier alpha value is -6.67. The topological polar surface area (TPSA) is 121 Å². The first kappa shape index (κ1) is 44.2. The second-order valence-corrected chi connectivity index (χ2v) is 19.8. The van der Waals surface area contributed by atoms with Crippen LogP contribution in [0.15, 0.2) is 133 Å². The van der Waals surface area contributed by atoms with E-state index in [0.29, 0.717) is 54.2 Å². The standard InChI is InChI=1S/C59H58N2O6/c1-36(27-37-7-9-38(10-8-37)28-39-11-14-43(15-12-39)57-50(41-5-3-2-4-6-41)20-17-45-32-49(62)19-21-51(45)57)61-25-23-42(24-26-61)54(63)30-40-13-16-44-33-53-52(34-47(44)29-40)55(64)35-48(58(53)66)31-46-18-22-56(65)60-59(46)67/h2-6,11-15,17,19-21,32-35,37-38,42,46,62H,1,7-10,16,18,22-31H2,(H,60,65,67). The van der Waals surface area contributed by atoms with Crippen molar-refractivity contribution in [2.24, 2.45) is 23.7 Å². The number of nitrogens with one attached hydrogen (secondary N) is 1. The van der Waals surface area contributed by atoms with Crippen molar-refractivity contribution in [3.8, 4) is 28.0 Å². The minimum atomic E-state index is -0.509. The predicted molar refractivity (Wildman–Crippen MR) is 262 cm³/mol. The Bertz CT molecular complexity index is 2870. The molecule has 5 aliphatic rings. The van der Waals surface area contributed by atoms with E-state index in [-0.39, 0.29) is 47.8 Å². The van der Waals surface area contributed by atoms with E-state index in [1.165, 1.54) is 65.3 Å². The summed E-state index contributed by atoms with van der Waals surface area (Å²) < 4.78 is 0. The van der Waals surface area contributed by atoms with Crippen LogP contribution >= 0.6 is 0 Å². The van der Waals surface area contributed by atoms with Crippen molar-refractivity contribution in [2.45, 2.75) is 89.9 Å². The van der Waals surface area contributed by atoms with E-state index >= 15 is 0 Å². The number of rotatable bonds is 12. The Morgan fingerprint density at radius 1 is 0.731 bits per heavy atom. The zero-order valence-electron chi connectivity index (χ0n) is 38.2. The van der Waals surface area contributed by atoms with Crippen LogP contribution in [0.1, 0.15) is 108 Å². The number of allylic oxidation sites excluding steroid dienone is 5. The average Bonchev–Trinajstić information content (AvgIpc) is 3.34. The molecule has 340 valence electrons. The molecular formula is C59H58N2O6. The number of ketones is 3. The van der Waals surface area contributed by atoms with Gasteiger partial charge >= 0.3 is 0 Å². The zero-order valence-corrected chi connectivity index (χ0v) is 38.2. The van der Waals surface area contributed by atoms with Gasteiger partial charge in [0.2, 0.25) is 11.8 Å².